The predicted molar refractivity (Wildman–Crippen MR) is 109 cm³/mol. The first-order valence-corrected chi connectivity index (χ1v) is 11.0. The van der Waals surface area contributed by atoms with Crippen LogP contribution < -0.4 is 4.72 Å². The van der Waals surface area contributed by atoms with Gasteiger partial charge in [0.25, 0.3) is 5.91 Å². The van der Waals surface area contributed by atoms with Crippen LogP contribution in [-0.4, -0.2) is 25.8 Å². The van der Waals surface area contributed by atoms with Gasteiger partial charge in [-0.15, -0.1) is 0 Å². The number of hydrogen-bond acceptors (Lipinski definition) is 4. The second kappa shape index (κ2) is 8.23. The van der Waals surface area contributed by atoms with E-state index in [2.05, 4.69) is 4.72 Å². The number of carbonyl (C=O) groups is 1. The molecular formula is C22H22N2O4S. The Morgan fingerprint density at radius 3 is 2.48 bits per heavy atom. The largest absolute Gasteiger partial charge is 0.468 e. The van der Waals surface area contributed by atoms with Gasteiger partial charge in [-0.05, 0) is 54.8 Å². The molecule has 0 bridgehead atoms. The molecule has 4 rings (SSSR count). The number of furan rings is 1. The maximum atomic E-state index is 13.0. The molecule has 0 radical (unpaired) electrons. The van der Waals surface area contributed by atoms with Crippen LogP contribution in [0.3, 0.4) is 0 Å². The Balaban J connectivity index is 1.47. The van der Waals surface area contributed by atoms with E-state index in [9.17, 15) is 13.2 Å². The second-order valence-corrected chi connectivity index (χ2v) is 8.76. The molecule has 1 aliphatic rings. The van der Waals surface area contributed by atoms with Gasteiger partial charge in [-0.2, -0.15) is 0 Å². The molecule has 1 atom stereocenters. The molecule has 0 aliphatic carbocycles. The van der Waals surface area contributed by atoms with Crippen LogP contribution in [0.4, 0.5) is 0 Å². The van der Waals surface area contributed by atoms with Crippen molar-refractivity contribution in [2.75, 3.05) is 6.54 Å². The van der Waals surface area contributed by atoms with Gasteiger partial charge in [0.05, 0.1) is 23.7 Å². The van der Waals surface area contributed by atoms with E-state index in [1.165, 1.54) is 18.4 Å². The second-order valence-electron chi connectivity index (χ2n) is 7.00. The zero-order chi connectivity index (χ0) is 20.3. The molecule has 1 aliphatic heterocycles. The Morgan fingerprint density at radius 1 is 1.03 bits per heavy atom. The number of nitrogens with zero attached hydrogens (tertiary/aromatic N) is 1. The quantitative estimate of drug-likeness (QED) is 0.671. The average Bonchev–Trinajstić information content (AvgIpc) is 3.45. The van der Waals surface area contributed by atoms with Gasteiger partial charge >= 0.3 is 0 Å². The van der Waals surface area contributed by atoms with Gasteiger partial charge in [-0.3, -0.25) is 4.79 Å². The predicted octanol–water partition coefficient (Wildman–Crippen LogP) is 3.74. The Labute approximate surface area is 170 Å². The number of rotatable bonds is 6. The molecule has 1 amide bonds. The van der Waals surface area contributed by atoms with E-state index in [-0.39, 0.29) is 23.4 Å². The van der Waals surface area contributed by atoms with Gasteiger partial charge in [-0.25, -0.2) is 13.1 Å². The third kappa shape index (κ3) is 4.26. The van der Waals surface area contributed by atoms with Crippen molar-refractivity contribution in [2.45, 2.75) is 30.3 Å². The molecule has 6 nitrogen and oxygen atoms in total. The summed E-state index contributed by atoms with van der Waals surface area (Å²) in [7, 11) is -3.69. The lowest BCUT2D eigenvalue weighted by atomic mass is 10.0. The van der Waals surface area contributed by atoms with Crippen LogP contribution in [0.5, 0.6) is 0 Å². The van der Waals surface area contributed by atoms with Gasteiger partial charge in [0.2, 0.25) is 10.0 Å². The van der Waals surface area contributed by atoms with Crippen LogP contribution >= 0.6 is 0 Å². The van der Waals surface area contributed by atoms with Crippen molar-refractivity contribution in [2.24, 2.45) is 0 Å². The zero-order valence-electron chi connectivity index (χ0n) is 15.8. The molecule has 150 valence electrons. The summed E-state index contributed by atoms with van der Waals surface area (Å²) < 4.78 is 32.5. The van der Waals surface area contributed by atoms with E-state index in [1.54, 1.807) is 24.3 Å². The first-order valence-electron chi connectivity index (χ1n) is 9.52. The first-order chi connectivity index (χ1) is 14.0. The van der Waals surface area contributed by atoms with Crippen molar-refractivity contribution in [1.82, 2.24) is 9.62 Å². The summed E-state index contributed by atoms with van der Waals surface area (Å²) in [4.78, 5) is 15.0. The standard InChI is InChI=1S/C22H22N2O4S/c25-22(24-14-4-9-21(24)17-6-2-1-3-7-17)18-10-12-20(13-11-18)29(26,27)23-16-19-8-5-15-28-19/h1-3,5-8,10-13,15,21,23H,4,9,14,16H2. The molecule has 1 unspecified atom stereocenters. The van der Waals surface area contributed by atoms with Crippen molar-refractivity contribution in [3.8, 4) is 0 Å². The van der Waals surface area contributed by atoms with E-state index < -0.39 is 10.0 Å². The highest BCUT2D eigenvalue weighted by Crippen LogP contribution is 2.33. The van der Waals surface area contributed by atoms with Gasteiger partial charge in [-0.1, -0.05) is 30.3 Å². The zero-order valence-corrected chi connectivity index (χ0v) is 16.6. The smallest absolute Gasteiger partial charge is 0.254 e. The Morgan fingerprint density at radius 2 is 1.79 bits per heavy atom. The van der Waals surface area contributed by atoms with Crippen LogP contribution in [0.1, 0.15) is 40.6 Å². The fraction of sp³-hybridized carbons (Fsp3) is 0.227. The molecular weight excluding hydrogens is 388 g/mol. The summed E-state index contributed by atoms with van der Waals surface area (Å²) in [6, 6.07) is 19.5. The fourth-order valence-electron chi connectivity index (χ4n) is 3.64. The van der Waals surface area contributed by atoms with E-state index in [4.69, 9.17) is 4.42 Å². The van der Waals surface area contributed by atoms with Crippen LogP contribution in [0, 0.1) is 0 Å². The van der Waals surface area contributed by atoms with E-state index in [0.29, 0.717) is 17.9 Å². The summed E-state index contributed by atoms with van der Waals surface area (Å²) in [5.74, 6) is 0.449. The van der Waals surface area contributed by atoms with Crippen LogP contribution in [0.15, 0.2) is 82.3 Å². The van der Waals surface area contributed by atoms with Crippen molar-refractivity contribution in [3.05, 3.63) is 89.9 Å². The highest BCUT2D eigenvalue weighted by atomic mass is 32.2. The van der Waals surface area contributed by atoms with Crippen molar-refractivity contribution in [1.29, 1.82) is 0 Å². The van der Waals surface area contributed by atoms with Gasteiger partial charge in [0.1, 0.15) is 5.76 Å². The molecule has 29 heavy (non-hydrogen) atoms. The molecule has 0 saturated carbocycles. The lowest BCUT2D eigenvalue weighted by Gasteiger charge is -2.25. The molecule has 1 saturated heterocycles. The maximum Gasteiger partial charge on any atom is 0.254 e. The van der Waals surface area contributed by atoms with Crippen molar-refractivity contribution in [3.63, 3.8) is 0 Å². The molecule has 2 aromatic carbocycles. The normalized spacial score (nSPS) is 16.8. The highest BCUT2D eigenvalue weighted by molar-refractivity contribution is 7.89. The third-order valence-electron chi connectivity index (χ3n) is 5.13. The molecule has 0 spiro atoms. The summed E-state index contributed by atoms with van der Waals surface area (Å²) in [6.45, 7) is 0.770. The van der Waals surface area contributed by atoms with Gasteiger partial charge in [0.15, 0.2) is 0 Å². The Kier molecular flexibility index (Phi) is 5.51. The summed E-state index contributed by atoms with van der Waals surface area (Å²) in [5, 5.41) is 0. The summed E-state index contributed by atoms with van der Waals surface area (Å²) >= 11 is 0. The van der Waals surface area contributed by atoms with Crippen LogP contribution in [-0.2, 0) is 16.6 Å². The minimum absolute atomic E-state index is 0.0575. The van der Waals surface area contributed by atoms with E-state index >= 15 is 0 Å². The SMILES string of the molecule is O=C(c1ccc(S(=O)(=O)NCc2ccco2)cc1)N1CCCC1c1ccccc1. The lowest BCUT2D eigenvalue weighted by molar-refractivity contribution is 0.0735. The molecule has 2 heterocycles. The highest BCUT2D eigenvalue weighted by Gasteiger charge is 2.30. The van der Waals surface area contributed by atoms with Crippen LogP contribution in [0.2, 0.25) is 0 Å². The fourth-order valence-corrected chi connectivity index (χ4v) is 4.63. The summed E-state index contributed by atoms with van der Waals surface area (Å²) in [6.07, 6.45) is 3.37. The Hall–Kier alpha value is -2.90. The number of carbonyl (C=O) groups excluding carboxylic acids is 1. The number of benzene rings is 2. The topological polar surface area (TPSA) is 79.6 Å². The van der Waals surface area contributed by atoms with Crippen molar-refractivity contribution < 1.29 is 17.6 Å². The minimum atomic E-state index is -3.69. The number of likely N-dealkylation sites (tertiary alicyclic amines) is 1. The average molecular weight is 410 g/mol. The lowest BCUT2D eigenvalue weighted by Crippen LogP contribution is -2.30. The molecule has 1 N–H and O–H groups in total. The molecule has 7 heteroatoms. The monoisotopic (exact) mass is 410 g/mol. The number of amides is 1. The van der Waals surface area contributed by atoms with E-state index in [1.807, 2.05) is 35.2 Å². The minimum Gasteiger partial charge on any atom is -0.468 e. The van der Waals surface area contributed by atoms with Crippen molar-refractivity contribution >= 4 is 15.9 Å². The van der Waals surface area contributed by atoms with Gasteiger partial charge in [0, 0.05) is 12.1 Å². The Bertz CT molecular complexity index is 1060. The molecule has 3 aromatic rings. The number of sulfonamides is 1. The van der Waals surface area contributed by atoms with Gasteiger partial charge < -0.3 is 9.32 Å². The maximum absolute atomic E-state index is 13.0. The molecule has 1 aromatic heterocycles. The van der Waals surface area contributed by atoms with E-state index in [0.717, 1.165) is 18.4 Å². The summed E-state index contributed by atoms with van der Waals surface area (Å²) in [5.41, 5.74) is 1.61. The first kappa shape index (κ1) is 19.4. The number of nitrogens with one attached hydrogen (secondary N) is 1. The molecule has 1 fully saturated rings. The number of hydrogen-bond donors (Lipinski definition) is 1. The van der Waals surface area contributed by atoms with Crippen LogP contribution in [0.25, 0.3) is 0 Å². The third-order valence-corrected chi connectivity index (χ3v) is 6.54.